The normalized spacial score (nSPS) is 10.8. The molecule has 0 radical (unpaired) electrons. The zero-order chi connectivity index (χ0) is 10.3. The van der Waals surface area contributed by atoms with E-state index in [4.69, 9.17) is 0 Å². The lowest BCUT2D eigenvalue weighted by Crippen LogP contribution is -1.93. The number of H-pyrrole nitrogens is 1. The molecule has 0 spiro atoms. The molecule has 1 N–H and O–H groups in total. The summed E-state index contributed by atoms with van der Waals surface area (Å²) in [5, 5.41) is 0.760. The van der Waals surface area contributed by atoms with Gasteiger partial charge in [0.1, 0.15) is 5.82 Å². The van der Waals surface area contributed by atoms with E-state index in [-0.39, 0.29) is 11.6 Å². The largest absolute Gasteiger partial charge is 0.351 e. The fourth-order valence-electron chi connectivity index (χ4n) is 1.37. The van der Waals surface area contributed by atoms with Crippen molar-refractivity contribution in [2.45, 2.75) is 6.92 Å². The Morgan fingerprint density at radius 3 is 2.86 bits per heavy atom. The van der Waals surface area contributed by atoms with Crippen LogP contribution in [0.15, 0.2) is 18.2 Å². The van der Waals surface area contributed by atoms with Gasteiger partial charge in [-0.2, -0.15) is 0 Å². The Morgan fingerprint density at radius 1 is 1.50 bits per heavy atom. The third-order valence-corrected chi connectivity index (χ3v) is 3.17. The topological polar surface area (TPSA) is 32.9 Å². The van der Waals surface area contributed by atoms with Crippen LogP contribution in [0, 0.1) is 9.39 Å². The molecule has 0 atom stereocenters. The molecule has 2 aromatic rings. The fraction of sp³-hybridized carbons (Fsp3) is 0.100. The maximum absolute atomic E-state index is 12.9. The third kappa shape index (κ3) is 1.43. The molecular weight excluding hydrogens is 296 g/mol. The molecule has 0 bridgehead atoms. The highest BCUT2D eigenvalue weighted by Gasteiger charge is 2.12. The minimum atomic E-state index is -0.287. The average Bonchev–Trinajstić information content (AvgIpc) is 2.44. The van der Waals surface area contributed by atoms with Crippen LogP contribution in [0.5, 0.6) is 0 Å². The molecule has 2 rings (SSSR count). The van der Waals surface area contributed by atoms with E-state index in [9.17, 15) is 9.18 Å². The van der Waals surface area contributed by atoms with Gasteiger partial charge in [-0.05, 0) is 40.8 Å². The van der Waals surface area contributed by atoms with Crippen LogP contribution in [0.1, 0.15) is 17.4 Å². The SMILES string of the molecule is CC(=O)c1[nH]c2ccc(F)cc2c1I. The van der Waals surface area contributed by atoms with Crippen molar-refractivity contribution in [3.05, 3.63) is 33.3 Å². The summed E-state index contributed by atoms with van der Waals surface area (Å²) >= 11 is 2.05. The van der Waals surface area contributed by atoms with E-state index in [1.165, 1.54) is 19.1 Å². The summed E-state index contributed by atoms with van der Waals surface area (Å²) in [7, 11) is 0. The van der Waals surface area contributed by atoms with Crippen LogP contribution in [0.4, 0.5) is 4.39 Å². The fourth-order valence-corrected chi connectivity index (χ4v) is 2.33. The monoisotopic (exact) mass is 303 g/mol. The molecule has 0 saturated heterocycles. The van der Waals surface area contributed by atoms with Gasteiger partial charge in [0, 0.05) is 21.4 Å². The Hall–Kier alpha value is -0.910. The molecule has 0 unspecified atom stereocenters. The molecule has 72 valence electrons. The van der Waals surface area contributed by atoms with E-state index in [1.807, 2.05) is 22.6 Å². The van der Waals surface area contributed by atoms with Crippen molar-refractivity contribution in [1.82, 2.24) is 4.98 Å². The second-order valence-corrected chi connectivity index (χ2v) is 4.14. The summed E-state index contributed by atoms with van der Waals surface area (Å²) in [6.45, 7) is 1.49. The first-order chi connectivity index (χ1) is 6.59. The Bertz CT molecular complexity index is 518. The average molecular weight is 303 g/mol. The lowest BCUT2D eigenvalue weighted by Gasteiger charge is -1.90. The first kappa shape index (κ1) is 9.64. The van der Waals surface area contributed by atoms with Gasteiger partial charge in [-0.25, -0.2) is 4.39 Å². The van der Waals surface area contributed by atoms with Crippen molar-refractivity contribution in [1.29, 1.82) is 0 Å². The first-order valence-corrected chi connectivity index (χ1v) is 5.15. The van der Waals surface area contributed by atoms with E-state index in [0.29, 0.717) is 5.69 Å². The van der Waals surface area contributed by atoms with Crippen LogP contribution in [-0.4, -0.2) is 10.8 Å². The highest BCUT2D eigenvalue weighted by atomic mass is 127. The standard InChI is InChI=1S/C10H7FINO/c1-5(14)10-9(12)7-4-6(11)2-3-8(7)13-10/h2-4,13H,1H3. The summed E-state index contributed by atoms with van der Waals surface area (Å²) in [5.74, 6) is -0.324. The smallest absolute Gasteiger partial charge is 0.177 e. The minimum absolute atomic E-state index is 0.0361. The lowest BCUT2D eigenvalue weighted by atomic mass is 10.2. The van der Waals surface area contributed by atoms with Gasteiger partial charge in [-0.15, -0.1) is 0 Å². The van der Waals surface area contributed by atoms with Gasteiger partial charge < -0.3 is 4.98 Å². The highest BCUT2D eigenvalue weighted by molar-refractivity contribution is 14.1. The van der Waals surface area contributed by atoms with E-state index in [1.54, 1.807) is 6.07 Å². The van der Waals surface area contributed by atoms with Crippen LogP contribution < -0.4 is 0 Å². The number of carbonyl (C=O) groups excluding carboxylic acids is 1. The van der Waals surface area contributed by atoms with Gasteiger partial charge in [0.15, 0.2) is 5.78 Å². The molecule has 2 nitrogen and oxygen atoms in total. The Balaban J connectivity index is 2.80. The van der Waals surface area contributed by atoms with E-state index >= 15 is 0 Å². The van der Waals surface area contributed by atoms with E-state index in [2.05, 4.69) is 4.98 Å². The maximum atomic E-state index is 12.9. The number of carbonyl (C=O) groups is 1. The van der Waals surface area contributed by atoms with Gasteiger partial charge in [-0.1, -0.05) is 0 Å². The minimum Gasteiger partial charge on any atom is -0.351 e. The number of Topliss-reactive ketones (excluding diaryl/α,β-unsaturated/α-hetero) is 1. The predicted octanol–water partition coefficient (Wildman–Crippen LogP) is 3.11. The summed E-state index contributed by atoms with van der Waals surface area (Å²) in [5.41, 5.74) is 1.34. The molecule has 0 aliphatic heterocycles. The number of fused-ring (bicyclic) bond motifs is 1. The quantitative estimate of drug-likeness (QED) is 0.637. The third-order valence-electron chi connectivity index (χ3n) is 2.05. The van der Waals surface area contributed by atoms with Crippen LogP contribution >= 0.6 is 22.6 Å². The number of rotatable bonds is 1. The Labute approximate surface area is 93.6 Å². The van der Waals surface area contributed by atoms with Gasteiger partial charge in [0.2, 0.25) is 0 Å². The van der Waals surface area contributed by atoms with Crippen molar-refractivity contribution < 1.29 is 9.18 Å². The second-order valence-electron chi connectivity index (χ2n) is 3.06. The zero-order valence-electron chi connectivity index (χ0n) is 7.40. The number of aromatic nitrogens is 1. The number of ketones is 1. The number of aromatic amines is 1. The van der Waals surface area contributed by atoms with Crippen LogP contribution in [-0.2, 0) is 0 Å². The summed E-state index contributed by atoms with van der Waals surface area (Å²) in [4.78, 5) is 14.2. The number of nitrogens with one attached hydrogen (secondary N) is 1. The zero-order valence-corrected chi connectivity index (χ0v) is 9.55. The van der Waals surface area contributed by atoms with Gasteiger partial charge in [-0.3, -0.25) is 4.79 Å². The molecule has 1 aromatic carbocycles. The van der Waals surface area contributed by atoms with Crippen molar-refractivity contribution in [2.24, 2.45) is 0 Å². The van der Waals surface area contributed by atoms with Crippen LogP contribution in [0.25, 0.3) is 10.9 Å². The molecule has 0 aliphatic carbocycles. The van der Waals surface area contributed by atoms with Crippen molar-refractivity contribution in [2.75, 3.05) is 0 Å². The maximum Gasteiger partial charge on any atom is 0.177 e. The predicted molar refractivity (Wildman–Crippen MR) is 61.0 cm³/mol. The van der Waals surface area contributed by atoms with E-state index < -0.39 is 0 Å². The van der Waals surface area contributed by atoms with Gasteiger partial charge in [0.25, 0.3) is 0 Å². The lowest BCUT2D eigenvalue weighted by molar-refractivity contribution is 0.101. The number of benzene rings is 1. The Morgan fingerprint density at radius 2 is 2.21 bits per heavy atom. The van der Waals surface area contributed by atoms with E-state index in [0.717, 1.165) is 14.5 Å². The Kier molecular flexibility index (Phi) is 2.30. The molecule has 0 amide bonds. The molecule has 0 fully saturated rings. The van der Waals surface area contributed by atoms with Crippen molar-refractivity contribution in [3.8, 4) is 0 Å². The van der Waals surface area contributed by atoms with Crippen LogP contribution in [0.2, 0.25) is 0 Å². The molecular formula is C10H7FINO. The molecule has 1 aromatic heterocycles. The van der Waals surface area contributed by atoms with Crippen molar-refractivity contribution in [3.63, 3.8) is 0 Å². The number of halogens is 2. The molecule has 0 aliphatic rings. The number of hydrogen-bond donors (Lipinski definition) is 1. The second kappa shape index (κ2) is 3.34. The number of hydrogen-bond acceptors (Lipinski definition) is 1. The van der Waals surface area contributed by atoms with Gasteiger partial charge >= 0.3 is 0 Å². The van der Waals surface area contributed by atoms with Crippen LogP contribution in [0.3, 0.4) is 0 Å². The van der Waals surface area contributed by atoms with Crippen molar-refractivity contribution >= 4 is 39.3 Å². The first-order valence-electron chi connectivity index (χ1n) is 4.07. The molecule has 0 saturated carbocycles. The summed E-state index contributed by atoms with van der Waals surface area (Å²) in [6.07, 6.45) is 0. The summed E-state index contributed by atoms with van der Waals surface area (Å²) < 4.78 is 13.7. The molecule has 1 heterocycles. The van der Waals surface area contributed by atoms with Gasteiger partial charge in [0.05, 0.1) is 5.69 Å². The highest BCUT2D eigenvalue weighted by Crippen LogP contribution is 2.25. The summed E-state index contributed by atoms with van der Waals surface area (Å²) in [6, 6.07) is 4.44. The molecule has 4 heteroatoms. The molecule has 14 heavy (non-hydrogen) atoms.